The average Bonchev–Trinajstić information content (AvgIpc) is 2.86. The highest BCUT2D eigenvalue weighted by molar-refractivity contribution is 9.10. The van der Waals surface area contributed by atoms with Crippen molar-refractivity contribution in [2.24, 2.45) is 0 Å². The van der Waals surface area contributed by atoms with E-state index in [9.17, 15) is 0 Å². The van der Waals surface area contributed by atoms with Crippen LogP contribution < -0.4 is 5.73 Å². The summed E-state index contributed by atoms with van der Waals surface area (Å²) in [5.74, 6) is 0. The van der Waals surface area contributed by atoms with Gasteiger partial charge in [-0.3, -0.25) is 4.90 Å². The van der Waals surface area contributed by atoms with E-state index in [-0.39, 0.29) is 0 Å². The Morgan fingerprint density at radius 3 is 2.94 bits per heavy atom. The van der Waals surface area contributed by atoms with Crippen molar-refractivity contribution in [3.8, 4) is 0 Å². The van der Waals surface area contributed by atoms with Crippen LogP contribution in [0.15, 0.2) is 34.1 Å². The number of nitrogen functional groups attached to an aromatic ring is 1. The number of rotatable bonds is 2. The van der Waals surface area contributed by atoms with Crippen molar-refractivity contribution in [2.45, 2.75) is 19.6 Å². The summed E-state index contributed by atoms with van der Waals surface area (Å²) in [4.78, 5) is 3.82. The zero-order valence-corrected chi connectivity index (χ0v) is 11.7. The summed E-state index contributed by atoms with van der Waals surface area (Å²) in [5, 5.41) is 2.13. The summed E-state index contributed by atoms with van der Waals surface area (Å²) in [6.45, 7) is 2.98. The number of benzene rings is 1. The van der Waals surface area contributed by atoms with Crippen LogP contribution in [0.5, 0.6) is 0 Å². The Labute approximate surface area is 113 Å². The number of hydrogen-bond donors (Lipinski definition) is 1. The fraction of sp³-hybridized carbons (Fsp3) is 0.231. The molecule has 0 amide bonds. The second kappa shape index (κ2) is 4.44. The largest absolute Gasteiger partial charge is 0.398 e. The number of fused-ring (bicyclic) bond motifs is 1. The average molecular weight is 309 g/mol. The summed E-state index contributed by atoms with van der Waals surface area (Å²) in [6, 6.07) is 8.40. The highest BCUT2D eigenvalue weighted by Gasteiger charge is 2.20. The maximum atomic E-state index is 6.00. The Balaban J connectivity index is 1.76. The summed E-state index contributed by atoms with van der Waals surface area (Å²) in [7, 11) is 0. The van der Waals surface area contributed by atoms with Crippen LogP contribution in [0.1, 0.15) is 16.0 Å². The lowest BCUT2D eigenvalue weighted by Gasteiger charge is -2.12. The van der Waals surface area contributed by atoms with E-state index >= 15 is 0 Å². The van der Waals surface area contributed by atoms with Gasteiger partial charge in [0.2, 0.25) is 0 Å². The predicted octanol–water partition coefficient (Wildman–Crippen LogP) is 3.61. The first kappa shape index (κ1) is 11.3. The molecular formula is C13H13BrN2S. The number of nitrogens with zero attached hydrogens (tertiary/aromatic N) is 1. The summed E-state index contributed by atoms with van der Waals surface area (Å²) < 4.78 is 1.17. The Bertz CT molecular complexity index is 550. The molecule has 88 valence electrons. The standard InChI is InChI=1S/C13H13BrN2S/c14-10-4-11(17-8-10)6-16-5-9-2-1-3-13(15)12(9)7-16/h1-4,8H,5-7,15H2. The van der Waals surface area contributed by atoms with Gasteiger partial charge in [0.1, 0.15) is 0 Å². The van der Waals surface area contributed by atoms with Crippen molar-refractivity contribution in [1.29, 1.82) is 0 Å². The second-order valence-electron chi connectivity index (χ2n) is 4.36. The van der Waals surface area contributed by atoms with E-state index in [0.717, 1.165) is 25.3 Å². The molecule has 2 N–H and O–H groups in total. The van der Waals surface area contributed by atoms with Crippen molar-refractivity contribution >= 4 is 33.0 Å². The maximum absolute atomic E-state index is 6.00. The molecule has 3 rings (SSSR count). The molecule has 2 heterocycles. The minimum Gasteiger partial charge on any atom is -0.398 e. The van der Waals surface area contributed by atoms with Crippen LogP contribution >= 0.6 is 27.3 Å². The van der Waals surface area contributed by atoms with Gasteiger partial charge in [0, 0.05) is 40.1 Å². The Hall–Kier alpha value is -0.840. The molecule has 0 spiro atoms. The van der Waals surface area contributed by atoms with E-state index in [2.05, 4.69) is 38.3 Å². The minimum absolute atomic E-state index is 0.928. The van der Waals surface area contributed by atoms with E-state index in [1.54, 1.807) is 11.3 Å². The Morgan fingerprint density at radius 2 is 2.24 bits per heavy atom. The van der Waals surface area contributed by atoms with Gasteiger partial charge in [-0.05, 0) is 39.2 Å². The third-order valence-corrected chi connectivity index (χ3v) is 4.77. The normalized spacial score (nSPS) is 15.1. The highest BCUT2D eigenvalue weighted by Crippen LogP contribution is 2.30. The number of nitrogens with two attached hydrogens (primary N) is 1. The molecule has 0 bridgehead atoms. The van der Waals surface area contributed by atoms with Crippen LogP contribution in [0.3, 0.4) is 0 Å². The third kappa shape index (κ3) is 2.25. The summed E-state index contributed by atoms with van der Waals surface area (Å²) in [6.07, 6.45) is 0. The van der Waals surface area contributed by atoms with Gasteiger partial charge in [0.25, 0.3) is 0 Å². The first-order valence-corrected chi connectivity index (χ1v) is 7.21. The van der Waals surface area contributed by atoms with Gasteiger partial charge in [-0.2, -0.15) is 0 Å². The molecule has 0 aliphatic carbocycles. The molecule has 1 aromatic heterocycles. The van der Waals surface area contributed by atoms with Crippen LogP contribution in [0.2, 0.25) is 0 Å². The minimum atomic E-state index is 0.928. The molecule has 0 unspecified atom stereocenters. The van der Waals surface area contributed by atoms with Crippen molar-refractivity contribution in [3.63, 3.8) is 0 Å². The van der Waals surface area contributed by atoms with E-state index in [4.69, 9.17) is 5.73 Å². The smallest absolute Gasteiger partial charge is 0.0363 e. The van der Waals surface area contributed by atoms with Gasteiger partial charge >= 0.3 is 0 Å². The Kier molecular flexibility index (Phi) is 2.94. The predicted molar refractivity (Wildman–Crippen MR) is 75.8 cm³/mol. The molecule has 0 radical (unpaired) electrons. The van der Waals surface area contributed by atoms with Gasteiger partial charge in [-0.1, -0.05) is 12.1 Å². The van der Waals surface area contributed by atoms with Crippen molar-refractivity contribution in [1.82, 2.24) is 4.90 Å². The van der Waals surface area contributed by atoms with Gasteiger partial charge < -0.3 is 5.73 Å². The summed E-state index contributed by atoms with van der Waals surface area (Å²) >= 11 is 5.29. The van der Waals surface area contributed by atoms with Gasteiger partial charge in [-0.25, -0.2) is 0 Å². The molecule has 0 saturated carbocycles. The monoisotopic (exact) mass is 308 g/mol. The van der Waals surface area contributed by atoms with Crippen molar-refractivity contribution in [3.05, 3.63) is 50.1 Å². The van der Waals surface area contributed by atoms with Crippen molar-refractivity contribution < 1.29 is 0 Å². The number of anilines is 1. The lowest BCUT2D eigenvalue weighted by molar-refractivity contribution is 0.278. The quantitative estimate of drug-likeness (QED) is 0.859. The fourth-order valence-corrected chi connectivity index (χ4v) is 3.78. The van der Waals surface area contributed by atoms with E-state index in [1.165, 1.54) is 20.5 Å². The maximum Gasteiger partial charge on any atom is 0.0363 e. The molecule has 2 nitrogen and oxygen atoms in total. The highest BCUT2D eigenvalue weighted by atomic mass is 79.9. The van der Waals surface area contributed by atoms with Gasteiger partial charge in [0.05, 0.1) is 0 Å². The second-order valence-corrected chi connectivity index (χ2v) is 6.27. The molecule has 2 aromatic rings. The topological polar surface area (TPSA) is 29.3 Å². The molecule has 4 heteroatoms. The number of hydrogen-bond acceptors (Lipinski definition) is 3. The van der Waals surface area contributed by atoms with E-state index in [1.807, 2.05) is 12.1 Å². The molecule has 1 aliphatic heterocycles. The lowest BCUT2D eigenvalue weighted by atomic mass is 10.1. The van der Waals surface area contributed by atoms with Gasteiger partial charge in [0.15, 0.2) is 0 Å². The van der Waals surface area contributed by atoms with Crippen LogP contribution in [-0.4, -0.2) is 4.90 Å². The third-order valence-electron chi connectivity index (χ3n) is 3.09. The van der Waals surface area contributed by atoms with Crippen LogP contribution in [0.4, 0.5) is 5.69 Å². The zero-order valence-electron chi connectivity index (χ0n) is 9.32. The van der Waals surface area contributed by atoms with E-state index in [0.29, 0.717) is 0 Å². The molecule has 17 heavy (non-hydrogen) atoms. The number of halogens is 1. The molecule has 1 aliphatic rings. The molecule has 0 fully saturated rings. The molecular weight excluding hydrogens is 296 g/mol. The molecule has 1 aromatic carbocycles. The van der Waals surface area contributed by atoms with Crippen LogP contribution in [0.25, 0.3) is 0 Å². The van der Waals surface area contributed by atoms with Crippen LogP contribution in [0, 0.1) is 0 Å². The first-order valence-electron chi connectivity index (χ1n) is 5.54. The van der Waals surface area contributed by atoms with Crippen LogP contribution in [-0.2, 0) is 19.6 Å². The molecule has 0 saturated heterocycles. The summed E-state index contributed by atoms with van der Waals surface area (Å²) in [5.41, 5.74) is 9.61. The van der Waals surface area contributed by atoms with E-state index < -0.39 is 0 Å². The fourth-order valence-electron chi connectivity index (χ4n) is 2.28. The first-order chi connectivity index (χ1) is 8.22. The van der Waals surface area contributed by atoms with Gasteiger partial charge in [-0.15, -0.1) is 11.3 Å². The lowest BCUT2D eigenvalue weighted by Crippen LogP contribution is -2.14. The van der Waals surface area contributed by atoms with Crippen molar-refractivity contribution in [2.75, 3.05) is 5.73 Å². The zero-order chi connectivity index (χ0) is 11.8. The number of thiophene rings is 1. The Morgan fingerprint density at radius 1 is 1.35 bits per heavy atom. The SMILES string of the molecule is Nc1cccc2c1CN(Cc1cc(Br)cs1)C2. The molecule has 0 atom stereocenters.